The first-order chi connectivity index (χ1) is 9.24. The minimum atomic E-state index is 0.712. The number of rotatable bonds is 5. The van der Waals surface area contributed by atoms with E-state index >= 15 is 0 Å². The van der Waals surface area contributed by atoms with Gasteiger partial charge in [0.05, 0.1) is 0 Å². The second kappa shape index (κ2) is 6.47. The number of aromatic nitrogens is 4. The molecule has 0 fully saturated rings. The molecule has 0 spiro atoms. The maximum absolute atomic E-state index is 4.36. The summed E-state index contributed by atoms with van der Waals surface area (Å²) in [6, 6.07) is 0. The van der Waals surface area contributed by atoms with Crippen LogP contribution in [0.1, 0.15) is 24.5 Å². The van der Waals surface area contributed by atoms with Gasteiger partial charge >= 0.3 is 0 Å². The summed E-state index contributed by atoms with van der Waals surface area (Å²) in [5.41, 5.74) is 2.18. The summed E-state index contributed by atoms with van der Waals surface area (Å²) in [5.74, 6) is 0.881. The lowest BCUT2D eigenvalue weighted by molar-refractivity contribution is 0.854. The molecule has 0 saturated carbocycles. The normalized spacial score (nSPS) is 10.5. The second-order valence-corrected chi connectivity index (χ2v) is 5.11. The van der Waals surface area contributed by atoms with Gasteiger partial charge in [-0.25, -0.2) is 19.9 Å². The van der Waals surface area contributed by atoms with Crippen LogP contribution in [0.4, 0.5) is 5.82 Å². The monoisotopic (exact) mass is 275 g/mol. The third kappa shape index (κ3) is 3.41. The third-order valence-corrected chi connectivity index (χ3v) is 3.53. The topological polar surface area (TPSA) is 63.6 Å². The van der Waals surface area contributed by atoms with E-state index in [2.05, 4.69) is 32.2 Å². The number of hydrogen-bond donors (Lipinski definition) is 1. The Morgan fingerprint density at radius 3 is 2.53 bits per heavy atom. The van der Waals surface area contributed by atoms with Crippen molar-refractivity contribution in [1.82, 2.24) is 19.9 Å². The highest BCUT2D eigenvalue weighted by Gasteiger charge is 2.12. The SMILES string of the molecule is CCCc1c(NC)ncnc1Sc1ncc(C)cn1. The van der Waals surface area contributed by atoms with Crippen LogP contribution in [0.25, 0.3) is 0 Å². The van der Waals surface area contributed by atoms with Crippen molar-refractivity contribution < 1.29 is 0 Å². The molecule has 0 atom stereocenters. The first-order valence-electron chi connectivity index (χ1n) is 6.22. The number of anilines is 1. The summed E-state index contributed by atoms with van der Waals surface area (Å²) >= 11 is 1.48. The minimum Gasteiger partial charge on any atom is -0.373 e. The molecule has 2 rings (SSSR count). The number of nitrogens with one attached hydrogen (secondary N) is 1. The Balaban J connectivity index is 2.30. The molecule has 0 amide bonds. The first-order valence-corrected chi connectivity index (χ1v) is 7.04. The van der Waals surface area contributed by atoms with Gasteiger partial charge in [0, 0.05) is 25.0 Å². The van der Waals surface area contributed by atoms with Crippen LogP contribution in [0.5, 0.6) is 0 Å². The Bertz CT molecular complexity index is 541. The summed E-state index contributed by atoms with van der Waals surface area (Å²) in [4.78, 5) is 17.2. The average molecular weight is 275 g/mol. The molecular formula is C13H17N5S. The molecule has 5 nitrogen and oxygen atoms in total. The van der Waals surface area contributed by atoms with Crippen LogP contribution in [-0.4, -0.2) is 27.0 Å². The summed E-state index contributed by atoms with van der Waals surface area (Å²) in [7, 11) is 1.87. The maximum Gasteiger partial charge on any atom is 0.193 e. The minimum absolute atomic E-state index is 0.712. The van der Waals surface area contributed by atoms with Gasteiger partial charge in [-0.05, 0) is 30.7 Å². The van der Waals surface area contributed by atoms with Crippen molar-refractivity contribution >= 4 is 17.6 Å². The molecule has 2 aromatic rings. The van der Waals surface area contributed by atoms with Crippen molar-refractivity contribution in [1.29, 1.82) is 0 Å². The summed E-state index contributed by atoms with van der Waals surface area (Å²) in [6.45, 7) is 4.12. The van der Waals surface area contributed by atoms with Crippen molar-refractivity contribution in [2.75, 3.05) is 12.4 Å². The molecule has 0 aliphatic heterocycles. The Labute approximate surface area is 117 Å². The summed E-state index contributed by atoms with van der Waals surface area (Å²) in [5, 5.41) is 4.74. The van der Waals surface area contributed by atoms with Crippen LogP contribution >= 0.6 is 11.8 Å². The van der Waals surface area contributed by atoms with E-state index in [1.165, 1.54) is 11.8 Å². The smallest absolute Gasteiger partial charge is 0.193 e. The van der Waals surface area contributed by atoms with Crippen molar-refractivity contribution in [2.24, 2.45) is 0 Å². The van der Waals surface area contributed by atoms with Gasteiger partial charge in [0.1, 0.15) is 17.2 Å². The molecule has 0 bridgehead atoms. The van der Waals surface area contributed by atoms with Gasteiger partial charge in [0.25, 0.3) is 0 Å². The van der Waals surface area contributed by atoms with E-state index in [9.17, 15) is 0 Å². The van der Waals surface area contributed by atoms with Gasteiger partial charge in [-0.2, -0.15) is 0 Å². The molecule has 2 aromatic heterocycles. The van der Waals surface area contributed by atoms with Gasteiger partial charge in [0.2, 0.25) is 0 Å². The molecule has 0 radical (unpaired) electrons. The molecule has 2 heterocycles. The zero-order chi connectivity index (χ0) is 13.7. The molecule has 100 valence electrons. The Kier molecular flexibility index (Phi) is 4.68. The lowest BCUT2D eigenvalue weighted by atomic mass is 10.2. The molecule has 0 aliphatic carbocycles. The highest BCUT2D eigenvalue weighted by molar-refractivity contribution is 7.99. The van der Waals surface area contributed by atoms with E-state index in [4.69, 9.17) is 0 Å². The van der Waals surface area contributed by atoms with Gasteiger partial charge in [0.15, 0.2) is 5.16 Å². The highest BCUT2D eigenvalue weighted by Crippen LogP contribution is 2.29. The molecule has 1 N–H and O–H groups in total. The molecule has 0 unspecified atom stereocenters. The van der Waals surface area contributed by atoms with E-state index in [0.29, 0.717) is 5.16 Å². The van der Waals surface area contributed by atoms with Crippen LogP contribution in [0, 0.1) is 6.92 Å². The molecule has 6 heteroatoms. The Morgan fingerprint density at radius 1 is 1.16 bits per heavy atom. The van der Waals surface area contributed by atoms with E-state index in [1.54, 1.807) is 6.33 Å². The van der Waals surface area contributed by atoms with Gasteiger partial charge in [-0.15, -0.1) is 0 Å². The Morgan fingerprint density at radius 2 is 1.89 bits per heavy atom. The van der Waals surface area contributed by atoms with Gasteiger partial charge in [-0.1, -0.05) is 13.3 Å². The van der Waals surface area contributed by atoms with E-state index in [0.717, 1.165) is 34.8 Å². The predicted octanol–water partition coefficient (Wildman–Crippen LogP) is 2.72. The molecule has 0 aromatic carbocycles. The predicted molar refractivity (Wildman–Crippen MR) is 76.5 cm³/mol. The fraction of sp³-hybridized carbons (Fsp3) is 0.385. The van der Waals surface area contributed by atoms with Crippen LogP contribution in [0.15, 0.2) is 28.9 Å². The quantitative estimate of drug-likeness (QED) is 0.668. The maximum atomic E-state index is 4.36. The van der Waals surface area contributed by atoms with Crippen molar-refractivity contribution in [2.45, 2.75) is 36.9 Å². The number of nitrogens with zero attached hydrogens (tertiary/aromatic N) is 4. The molecule has 0 saturated heterocycles. The molecule has 19 heavy (non-hydrogen) atoms. The Hall–Kier alpha value is -1.69. The van der Waals surface area contributed by atoms with Crippen molar-refractivity contribution in [3.8, 4) is 0 Å². The van der Waals surface area contributed by atoms with Crippen molar-refractivity contribution in [3.63, 3.8) is 0 Å². The van der Waals surface area contributed by atoms with Crippen LogP contribution in [-0.2, 0) is 6.42 Å². The largest absolute Gasteiger partial charge is 0.373 e. The molecule has 0 aliphatic rings. The van der Waals surface area contributed by atoms with E-state index < -0.39 is 0 Å². The van der Waals surface area contributed by atoms with Gasteiger partial charge < -0.3 is 5.32 Å². The van der Waals surface area contributed by atoms with Crippen LogP contribution in [0.2, 0.25) is 0 Å². The number of hydrogen-bond acceptors (Lipinski definition) is 6. The zero-order valence-corrected chi connectivity index (χ0v) is 12.2. The first kappa shape index (κ1) is 13.7. The average Bonchev–Trinajstić information content (AvgIpc) is 2.43. The fourth-order valence-corrected chi connectivity index (χ4v) is 2.50. The highest BCUT2D eigenvalue weighted by atomic mass is 32.2. The van der Waals surface area contributed by atoms with Crippen molar-refractivity contribution in [3.05, 3.63) is 29.8 Å². The number of aryl methyl sites for hydroxylation is 1. The van der Waals surface area contributed by atoms with Crippen LogP contribution in [0.3, 0.4) is 0 Å². The van der Waals surface area contributed by atoms with E-state index in [-0.39, 0.29) is 0 Å². The second-order valence-electron chi connectivity index (χ2n) is 4.15. The third-order valence-electron chi connectivity index (χ3n) is 2.59. The summed E-state index contributed by atoms with van der Waals surface area (Å²) < 4.78 is 0. The standard InChI is InChI=1S/C13H17N5S/c1-4-5-10-11(14-3)17-8-18-12(10)19-13-15-6-9(2)7-16-13/h6-8H,4-5H2,1-3H3,(H,14,17,18). The van der Waals surface area contributed by atoms with E-state index in [1.807, 2.05) is 26.4 Å². The van der Waals surface area contributed by atoms with Crippen LogP contribution < -0.4 is 5.32 Å². The fourth-order valence-electron chi connectivity index (χ4n) is 1.69. The van der Waals surface area contributed by atoms with Gasteiger partial charge in [-0.3, -0.25) is 0 Å². The zero-order valence-electron chi connectivity index (χ0n) is 11.3. The lowest BCUT2D eigenvalue weighted by Crippen LogP contribution is -2.02. The lowest BCUT2D eigenvalue weighted by Gasteiger charge is -2.10. The molecular weight excluding hydrogens is 258 g/mol. The summed E-state index contributed by atoms with van der Waals surface area (Å²) in [6.07, 6.45) is 7.18.